The second kappa shape index (κ2) is 5.97. The van der Waals surface area contributed by atoms with Crippen LogP contribution in [0.4, 0.5) is 5.69 Å². The number of para-hydroxylation sites is 1. The van der Waals surface area contributed by atoms with Gasteiger partial charge in [-0.05, 0) is 12.1 Å². The van der Waals surface area contributed by atoms with Crippen LogP contribution in [-0.2, 0) is 9.53 Å². The normalized spacial score (nSPS) is 11.9. The number of methoxy groups -OCH3 is 1. The first kappa shape index (κ1) is 13.1. The van der Waals surface area contributed by atoms with E-state index in [9.17, 15) is 9.59 Å². The largest absolute Gasteiger partial charge is 0.478 e. The van der Waals surface area contributed by atoms with Crippen LogP contribution in [0.15, 0.2) is 24.3 Å². The molecule has 6 heteroatoms. The number of hydrogen-bond donors (Lipinski definition) is 3. The van der Waals surface area contributed by atoms with Gasteiger partial charge in [0.15, 0.2) is 0 Å². The summed E-state index contributed by atoms with van der Waals surface area (Å²) in [7, 11) is 1.36. The zero-order valence-corrected chi connectivity index (χ0v) is 9.34. The Hall–Kier alpha value is -1.92. The molecule has 1 atom stereocenters. The van der Waals surface area contributed by atoms with Crippen molar-refractivity contribution in [2.45, 2.75) is 6.10 Å². The first-order valence-corrected chi connectivity index (χ1v) is 4.96. The van der Waals surface area contributed by atoms with E-state index in [4.69, 9.17) is 15.6 Å². The van der Waals surface area contributed by atoms with Crippen molar-refractivity contribution in [3.63, 3.8) is 0 Å². The molecule has 0 aliphatic carbocycles. The summed E-state index contributed by atoms with van der Waals surface area (Å²) in [5.41, 5.74) is 5.58. The molecule has 17 heavy (non-hydrogen) atoms. The Balaban J connectivity index is 2.88. The Bertz CT molecular complexity index is 416. The number of nitrogens with two attached hydrogens (primary N) is 1. The van der Waals surface area contributed by atoms with Crippen LogP contribution in [-0.4, -0.2) is 36.7 Å². The number of rotatable bonds is 5. The van der Waals surface area contributed by atoms with Crippen molar-refractivity contribution >= 4 is 17.6 Å². The lowest BCUT2D eigenvalue weighted by Crippen LogP contribution is -2.36. The Morgan fingerprint density at radius 2 is 2.12 bits per heavy atom. The van der Waals surface area contributed by atoms with Gasteiger partial charge in [-0.2, -0.15) is 0 Å². The Kier molecular flexibility index (Phi) is 4.62. The SMILES string of the molecule is COC(CN)C(=O)Nc1ccccc1C(=O)O. The summed E-state index contributed by atoms with van der Waals surface area (Å²) >= 11 is 0. The zero-order valence-electron chi connectivity index (χ0n) is 9.34. The number of anilines is 1. The fourth-order valence-electron chi connectivity index (χ4n) is 1.30. The standard InChI is InChI=1S/C11H14N2O4/c1-17-9(6-12)10(14)13-8-5-3-2-4-7(8)11(15)16/h2-5,9H,6,12H2,1H3,(H,13,14)(H,15,16). The van der Waals surface area contributed by atoms with Crippen LogP contribution >= 0.6 is 0 Å². The minimum Gasteiger partial charge on any atom is -0.478 e. The zero-order chi connectivity index (χ0) is 12.8. The van der Waals surface area contributed by atoms with Gasteiger partial charge >= 0.3 is 5.97 Å². The molecule has 0 spiro atoms. The van der Waals surface area contributed by atoms with E-state index in [2.05, 4.69) is 5.32 Å². The summed E-state index contributed by atoms with van der Waals surface area (Å²) in [6.07, 6.45) is -0.795. The molecule has 1 aromatic carbocycles. The molecule has 6 nitrogen and oxygen atoms in total. The van der Waals surface area contributed by atoms with E-state index in [0.29, 0.717) is 0 Å². The lowest BCUT2D eigenvalue weighted by atomic mass is 10.1. The molecular weight excluding hydrogens is 224 g/mol. The maximum absolute atomic E-state index is 11.6. The van der Waals surface area contributed by atoms with Gasteiger partial charge in [-0.15, -0.1) is 0 Å². The third kappa shape index (κ3) is 3.27. The van der Waals surface area contributed by atoms with Gasteiger partial charge < -0.3 is 20.9 Å². The first-order chi connectivity index (χ1) is 8.10. The average Bonchev–Trinajstić information content (AvgIpc) is 2.31. The molecule has 0 aromatic heterocycles. The molecule has 1 amide bonds. The molecule has 0 bridgehead atoms. The molecule has 0 aliphatic heterocycles. The maximum atomic E-state index is 11.6. The summed E-state index contributed by atoms with van der Waals surface area (Å²) in [5.74, 6) is -1.58. The van der Waals surface area contributed by atoms with Crippen molar-refractivity contribution in [1.29, 1.82) is 0 Å². The third-order valence-electron chi connectivity index (χ3n) is 2.21. The van der Waals surface area contributed by atoms with Crippen LogP contribution < -0.4 is 11.1 Å². The highest BCUT2D eigenvalue weighted by Crippen LogP contribution is 2.15. The monoisotopic (exact) mass is 238 g/mol. The number of hydrogen-bond acceptors (Lipinski definition) is 4. The van der Waals surface area contributed by atoms with E-state index in [1.807, 2.05) is 0 Å². The van der Waals surface area contributed by atoms with E-state index in [1.165, 1.54) is 19.2 Å². The van der Waals surface area contributed by atoms with Crippen LogP contribution in [0, 0.1) is 0 Å². The Labute approximate surface area is 98.4 Å². The van der Waals surface area contributed by atoms with E-state index >= 15 is 0 Å². The molecule has 0 aliphatic rings. The molecule has 1 unspecified atom stereocenters. The predicted octanol–water partition coefficient (Wildman–Crippen LogP) is 0.297. The smallest absolute Gasteiger partial charge is 0.337 e. The lowest BCUT2D eigenvalue weighted by Gasteiger charge is -2.14. The fraction of sp³-hybridized carbons (Fsp3) is 0.273. The highest BCUT2D eigenvalue weighted by molar-refractivity contribution is 6.01. The van der Waals surface area contributed by atoms with Crippen LogP contribution in [0.25, 0.3) is 0 Å². The Morgan fingerprint density at radius 1 is 1.47 bits per heavy atom. The van der Waals surface area contributed by atoms with Gasteiger partial charge in [-0.1, -0.05) is 12.1 Å². The van der Waals surface area contributed by atoms with Crippen molar-refractivity contribution in [3.8, 4) is 0 Å². The van der Waals surface area contributed by atoms with Crippen LogP contribution in [0.3, 0.4) is 0 Å². The molecule has 0 heterocycles. The van der Waals surface area contributed by atoms with E-state index in [-0.39, 0.29) is 17.8 Å². The molecule has 4 N–H and O–H groups in total. The topological polar surface area (TPSA) is 102 Å². The number of carbonyl (C=O) groups excluding carboxylic acids is 1. The molecule has 1 rings (SSSR count). The van der Waals surface area contributed by atoms with Gasteiger partial charge in [-0.25, -0.2) is 4.79 Å². The Morgan fingerprint density at radius 3 is 2.65 bits per heavy atom. The van der Waals surface area contributed by atoms with Crippen LogP contribution in [0.2, 0.25) is 0 Å². The predicted molar refractivity (Wildman–Crippen MR) is 61.9 cm³/mol. The van der Waals surface area contributed by atoms with Crippen molar-refractivity contribution in [2.75, 3.05) is 19.0 Å². The summed E-state index contributed by atoms with van der Waals surface area (Å²) in [6, 6.07) is 6.12. The summed E-state index contributed by atoms with van der Waals surface area (Å²) in [5, 5.41) is 11.4. The summed E-state index contributed by atoms with van der Waals surface area (Å²) < 4.78 is 4.85. The second-order valence-electron chi connectivity index (χ2n) is 3.30. The highest BCUT2D eigenvalue weighted by Gasteiger charge is 2.18. The number of carbonyl (C=O) groups is 2. The second-order valence-corrected chi connectivity index (χ2v) is 3.30. The molecule has 0 saturated carbocycles. The van der Waals surface area contributed by atoms with Crippen LogP contribution in [0.1, 0.15) is 10.4 Å². The molecule has 0 saturated heterocycles. The van der Waals surface area contributed by atoms with Crippen molar-refractivity contribution in [2.24, 2.45) is 5.73 Å². The van der Waals surface area contributed by atoms with E-state index < -0.39 is 18.0 Å². The molecule has 0 radical (unpaired) electrons. The summed E-state index contributed by atoms with van der Waals surface area (Å²) in [6.45, 7) is 0.0254. The van der Waals surface area contributed by atoms with Gasteiger partial charge in [0.1, 0.15) is 6.10 Å². The minimum atomic E-state index is -1.11. The van der Waals surface area contributed by atoms with Crippen molar-refractivity contribution in [3.05, 3.63) is 29.8 Å². The van der Waals surface area contributed by atoms with Gasteiger partial charge in [0.25, 0.3) is 5.91 Å². The highest BCUT2D eigenvalue weighted by atomic mass is 16.5. The van der Waals surface area contributed by atoms with Crippen LogP contribution in [0.5, 0.6) is 0 Å². The minimum absolute atomic E-state index is 0.0210. The van der Waals surface area contributed by atoms with Gasteiger partial charge in [-0.3, -0.25) is 4.79 Å². The van der Waals surface area contributed by atoms with Crippen molar-refractivity contribution < 1.29 is 19.4 Å². The molecule has 0 fully saturated rings. The summed E-state index contributed by atoms with van der Waals surface area (Å²) in [4.78, 5) is 22.5. The maximum Gasteiger partial charge on any atom is 0.337 e. The fourth-order valence-corrected chi connectivity index (χ4v) is 1.30. The number of benzene rings is 1. The lowest BCUT2D eigenvalue weighted by molar-refractivity contribution is -0.125. The van der Waals surface area contributed by atoms with E-state index in [1.54, 1.807) is 12.1 Å². The van der Waals surface area contributed by atoms with E-state index in [0.717, 1.165) is 0 Å². The number of nitrogens with one attached hydrogen (secondary N) is 1. The number of aromatic carboxylic acids is 1. The number of carboxylic acids is 1. The third-order valence-corrected chi connectivity index (χ3v) is 2.21. The number of carboxylic acid groups (broad SMARTS) is 1. The quantitative estimate of drug-likeness (QED) is 0.684. The van der Waals surface area contributed by atoms with Gasteiger partial charge in [0, 0.05) is 13.7 Å². The number of ether oxygens (including phenoxy) is 1. The molecule has 1 aromatic rings. The molecular formula is C11H14N2O4. The molecule has 92 valence electrons. The first-order valence-electron chi connectivity index (χ1n) is 4.96. The number of amides is 1. The van der Waals surface area contributed by atoms with Gasteiger partial charge in [0.05, 0.1) is 11.3 Å². The average molecular weight is 238 g/mol. The van der Waals surface area contributed by atoms with Gasteiger partial charge in [0.2, 0.25) is 0 Å². The van der Waals surface area contributed by atoms with Crippen molar-refractivity contribution in [1.82, 2.24) is 0 Å².